The third-order valence-electron chi connectivity index (χ3n) is 2.75. The molecule has 0 spiro atoms. The number of benzene rings is 1. The maximum atomic E-state index is 13.2. The average Bonchev–Trinajstić information content (AvgIpc) is 2.80. The second-order valence-corrected chi connectivity index (χ2v) is 6.36. The monoisotopic (exact) mass is 317 g/mol. The van der Waals surface area contributed by atoms with Crippen molar-refractivity contribution in [2.24, 2.45) is 0 Å². The second-order valence-electron chi connectivity index (χ2n) is 4.20. The lowest BCUT2D eigenvalue weighted by Gasteiger charge is -2.18. The van der Waals surface area contributed by atoms with Crippen molar-refractivity contribution in [3.8, 4) is 0 Å². The van der Waals surface area contributed by atoms with Crippen LogP contribution in [0.5, 0.6) is 0 Å². The lowest BCUT2D eigenvalue weighted by atomic mass is 10.1. The van der Waals surface area contributed by atoms with Crippen LogP contribution in [0.3, 0.4) is 0 Å². The zero-order valence-electron chi connectivity index (χ0n) is 10.4. The molecule has 0 saturated carbocycles. The summed E-state index contributed by atoms with van der Waals surface area (Å²) in [5.74, 6) is -0.399. The minimum absolute atomic E-state index is 0.00412. The topological polar surface area (TPSA) is 12.0 Å². The Kier molecular flexibility index (Phi) is 5.22. The fourth-order valence-corrected chi connectivity index (χ4v) is 3.20. The molecule has 0 bridgehead atoms. The normalized spacial score (nSPS) is 12.6. The van der Waals surface area contributed by atoms with Crippen molar-refractivity contribution >= 4 is 34.5 Å². The van der Waals surface area contributed by atoms with E-state index in [0.717, 1.165) is 27.7 Å². The van der Waals surface area contributed by atoms with Crippen LogP contribution >= 0.6 is 34.5 Å². The Morgan fingerprint density at radius 2 is 2.05 bits per heavy atom. The molecule has 1 heterocycles. The van der Waals surface area contributed by atoms with Gasteiger partial charge >= 0.3 is 0 Å². The highest BCUT2D eigenvalue weighted by atomic mass is 35.5. The van der Waals surface area contributed by atoms with Gasteiger partial charge in [0.25, 0.3) is 0 Å². The van der Waals surface area contributed by atoms with E-state index in [1.54, 1.807) is 12.1 Å². The molecule has 1 unspecified atom stereocenters. The van der Waals surface area contributed by atoms with Crippen molar-refractivity contribution in [1.82, 2.24) is 5.32 Å². The van der Waals surface area contributed by atoms with E-state index in [1.165, 1.54) is 17.4 Å². The van der Waals surface area contributed by atoms with Gasteiger partial charge in [-0.15, -0.1) is 11.3 Å². The second kappa shape index (κ2) is 6.71. The maximum absolute atomic E-state index is 13.2. The first-order chi connectivity index (χ1) is 9.11. The number of rotatable bonds is 5. The third kappa shape index (κ3) is 3.69. The van der Waals surface area contributed by atoms with Gasteiger partial charge in [0.1, 0.15) is 5.82 Å². The highest BCUT2D eigenvalue weighted by Crippen LogP contribution is 2.32. The van der Waals surface area contributed by atoms with Crippen LogP contribution in [-0.2, 0) is 0 Å². The zero-order chi connectivity index (χ0) is 13.8. The van der Waals surface area contributed by atoms with E-state index in [-0.39, 0.29) is 11.1 Å². The molecule has 1 aromatic heterocycles. The van der Waals surface area contributed by atoms with Gasteiger partial charge in [0.15, 0.2) is 0 Å². The Hall–Kier alpha value is -0.610. The van der Waals surface area contributed by atoms with Crippen molar-refractivity contribution in [1.29, 1.82) is 0 Å². The molecule has 0 fully saturated rings. The smallest absolute Gasteiger partial charge is 0.141 e. The molecule has 0 amide bonds. The van der Waals surface area contributed by atoms with Crippen LogP contribution in [0.25, 0.3) is 0 Å². The lowest BCUT2D eigenvalue weighted by Crippen LogP contribution is -2.22. The molecule has 2 aromatic rings. The first-order valence-corrected chi connectivity index (χ1v) is 7.62. The van der Waals surface area contributed by atoms with E-state index in [0.29, 0.717) is 0 Å². The maximum Gasteiger partial charge on any atom is 0.141 e. The zero-order valence-corrected chi connectivity index (χ0v) is 12.7. The number of halogens is 3. The molecule has 1 N–H and O–H groups in total. The fraction of sp³-hybridized carbons (Fsp3) is 0.286. The Bertz CT molecular complexity index is 556. The summed E-state index contributed by atoms with van der Waals surface area (Å²) < 4.78 is 14.0. The number of thiophene rings is 1. The summed E-state index contributed by atoms with van der Waals surface area (Å²) >= 11 is 13.4. The largest absolute Gasteiger partial charge is 0.306 e. The van der Waals surface area contributed by atoms with Crippen molar-refractivity contribution in [2.75, 3.05) is 6.54 Å². The van der Waals surface area contributed by atoms with Gasteiger partial charge in [-0.3, -0.25) is 0 Å². The number of hydrogen-bond acceptors (Lipinski definition) is 2. The molecular weight excluding hydrogens is 304 g/mol. The number of nitrogens with one attached hydrogen (secondary N) is 1. The van der Waals surface area contributed by atoms with Gasteiger partial charge in [0.05, 0.1) is 15.4 Å². The Morgan fingerprint density at radius 1 is 1.26 bits per heavy atom. The first-order valence-electron chi connectivity index (χ1n) is 6.05. The van der Waals surface area contributed by atoms with E-state index in [1.807, 2.05) is 12.1 Å². The minimum Gasteiger partial charge on any atom is -0.306 e. The molecule has 2 rings (SSSR count). The molecule has 0 aliphatic carbocycles. The standard InChI is InChI=1S/C14H14Cl2FNS/c1-2-7-18-14(12-5-6-13(16)19-12)9-3-4-11(17)10(15)8-9/h3-6,8,14,18H,2,7H2,1H3. The van der Waals surface area contributed by atoms with E-state index in [2.05, 4.69) is 12.2 Å². The molecule has 0 saturated heterocycles. The highest BCUT2D eigenvalue weighted by molar-refractivity contribution is 7.16. The van der Waals surface area contributed by atoms with E-state index in [4.69, 9.17) is 23.2 Å². The molecule has 19 heavy (non-hydrogen) atoms. The van der Waals surface area contributed by atoms with Crippen LogP contribution < -0.4 is 5.32 Å². The molecule has 5 heteroatoms. The summed E-state index contributed by atoms with van der Waals surface area (Å²) in [5.41, 5.74) is 0.943. The first kappa shape index (κ1) is 14.8. The SMILES string of the molecule is CCCNC(c1ccc(F)c(Cl)c1)c1ccc(Cl)s1. The van der Waals surface area contributed by atoms with Gasteiger partial charge in [-0.25, -0.2) is 4.39 Å². The van der Waals surface area contributed by atoms with Crippen LogP contribution in [0.4, 0.5) is 4.39 Å². The van der Waals surface area contributed by atoms with Crippen LogP contribution in [0.15, 0.2) is 30.3 Å². The van der Waals surface area contributed by atoms with Crippen molar-refractivity contribution < 1.29 is 4.39 Å². The van der Waals surface area contributed by atoms with Gasteiger partial charge < -0.3 is 5.32 Å². The summed E-state index contributed by atoms with van der Waals surface area (Å²) in [6.07, 6.45) is 1.02. The van der Waals surface area contributed by atoms with Gasteiger partial charge in [-0.1, -0.05) is 36.2 Å². The molecule has 1 nitrogen and oxygen atoms in total. The molecular formula is C14H14Cl2FNS. The van der Waals surface area contributed by atoms with Crippen LogP contribution in [0, 0.1) is 5.82 Å². The van der Waals surface area contributed by atoms with Gasteiger partial charge in [-0.2, -0.15) is 0 Å². The van der Waals surface area contributed by atoms with Crippen LogP contribution in [-0.4, -0.2) is 6.54 Å². The molecule has 1 atom stereocenters. The lowest BCUT2D eigenvalue weighted by molar-refractivity contribution is 0.599. The molecule has 0 aliphatic heterocycles. The highest BCUT2D eigenvalue weighted by Gasteiger charge is 2.16. The van der Waals surface area contributed by atoms with Crippen LogP contribution in [0.1, 0.15) is 29.8 Å². The minimum atomic E-state index is -0.399. The fourth-order valence-electron chi connectivity index (χ4n) is 1.85. The van der Waals surface area contributed by atoms with Gasteiger partial charge in [0, 0.05) is 4.88 Å². The molecule has 102 valence electrons. The third-order valence-corrected chi connectivity index (χ3v) is 4.34. The van der Waals surface area contributed by atoms with E-state index >= 15 is 0 Å². The summed E-state index contributed by atoms with van der Waals surface area (Å²) in [6, 6.07) is 8.66. The predicted molar refractivity (Wildman–Crippen MR) is 80.9 cm³/mol. The number of hydrogen-bond donors (Lipinski definition) is 1. The van der Waals surface area contributed by atoms with Gasteiger partial charge in [0.2, 0.25) is 0 Å². The van der Waals surface area contributed by atoms with E-state index < -0.39 is 5.82 Å². The van der Waals surface area contributed by atoms with Crippen molar-refractivity contribution in [2.45, 2.75) is 19.4 Å². The Morgan fingerprint density at radius 3 is 2.63 bits per heavy atom. The van der Waals surface area contributed by atoms with E-state index in [9.17, 15) is 4.39 Å². The molecule has 0 radical (unpaired) electrons. The summed E-state index contributed by atoms with van der Waals surface area (Å²) in [7, 11) is 0. The molecule has 0 aliphatic rings. The summed E-state index contributed by atoms with van der Waals surface area (Å²) in [4.78, 5) is 1.10. The summed E-state index contributed by atoms with van der Waals surface area (Å²) in [5, 5.41) is 3.57. The Labute approximate surface area is 126 Å². The van der Waals surface area contributed by atoms with Crippen molar-refractivity contribution in [3.05, 3.63) is 55.9 Å². The quantitative estimate of drug-likeness (QED) is 0.790. The Balaban J connectivity index is 2.33. The van der Waals surface area contributed by atoms with Gasteiger partial charge in [-0.05, 0) is 42.8 Å². The molecule has 1 aromatic carbocycles. The van der Waals surface area contributed by atoms with Crippen molar-refractivity contribution in [3.63, 3.8) is 0 Å². The summed E-state index contributed by atoms with van der Waals surface area (Å²) in [6.45, 7) is 2.97. The average molecular weight is 318 g/mol. The van der Waals surface area contributed by atoms with Crippen LogP contribution in [0.2, 0.25) is 9.36 Å². The predicted octanol–water partition coefficient (Wildman–Crippen LogP) is 5.28.